The van der Waals surface area contributed by atoms with Crippen LogP contribution in [0.2, 0.25) is 0 Å². The van der Waals surface area contributed by atoms with Crippen LogP contribution in [0.25, 0.3) is 0 Å². The van der Waals surface area contributed by atoms with Gasteiger partial charge in [-0.1, -0.05) is 105 Å². The van der Waals surface area contributed by atoms with Crippen LogP contribution in [0.15, 0.2) is 127 Å². The van der Waals surface area contributed by atoms with Gasteiger partial charge in [0.2, 0.25) is 11.8 Å². The molecule has 0 radical (unpaired) electrons. The number of imide groups is 1. The lowest BCUT2D eigenvalue weighted by molar-refractivity contribution is -0.178. The number of fused-ring (bicyclic) bond motifs is 3. The third-order valence-electron chi connectivity index (χ3n) is 14.9. The van der Waals surface area contributed by atoms with Crippen LogP contribution >= 0.6 is 0 Å². The molecule has 79 heavy (non-hydrogen) atoms. The fourth-order valence-corrected chi connectivity index (χ4v) is 11.4. The Morgan fingerprint density at radius 1 is 0.772 bits per heavy atom. The average Bonchev–Trinajstić information content (AvgIpc) is 1.93. The van der Waals surface area contributed by atoms with Gasteiger partial charge in [-0.3, -0.25) is 28.9 Å². The van der Waals surface area contributed by atoms with Crippen molar-refractivity contribution in [2.75, 3.05) is 76.0 Å². The summed E-state index contributed by atoms with van der Waals surface area (Å²) in [7, 11) is 3.44. The third-order valence-corrected chi connectivity index (χ3v) is 14.9. The molecule has 1 spiro atoms. The van der Waals surface area contributed by atoms with Crippen molar-refractivity contribution in [3.05, 3.63) is 155 Å². The summed E-state index contributed by atoms with van der Waals surface area (Å²) in [4.78, 5) is 108. The standard InChI is InChI=1S/C60H61N5O14/c1-36(2)48(56(70)76-5)62-59(73)64-45-28-23-37(15-14-21-43(54(68)74-3)55(69)75-4)35-44(45)60(58(64)72)47(53(67)61-40-24-26-41(27-25-40)63-29-32-77-33-30-63)50-57(71)79-51(39-18-10-7-11-19-39)49(38-16-8-6-9-17-38)65(50)52(60)42-20-12-13-22-46(42)78-34-31-66/h6-13,16-20,22-28,35-36,43,47-52,66H,21,29-34H2,1-5H3,(H,61,67)(H,62,73)/t47-,48+,49-,50-,51+,52+,60-/m1/s1. The Balaban J connectivity index is 1.34. The Hall–Kier alpha value is -8.57. The van der Waals surface area contributed by atoms with Gasteiger partial charge in [0.05, 0.1) is 64.8 Å². The number of benzene rings is 5. The highest BCUT2D eigenvalue weighted by Crippen LogP contribution is 2.66. The van der Waals surface area contributed by atoms with Gasteiger partial charge in [-0.25, -0.2) is 14.5 Å². The second kappa shape index (κ2) is 24.0. The van der Waals surface area contributed by atoms with E-state index in [9.17, 15) is 19.5 Å². The molecule has 0 aromatic heterocycles. The second-order valence-electron chi connectivity index (χ2n) is 19.7. The van der Waals surface area contributed by atoms with E-state index in [-0.39, 0.29) is 35.6 Å². The molecule has 5 aromatic rings. The van der Waals surface area contributed by atoms with Gasteiger partial charge in [-0.2, -0.15) is 0 Å². The number of carbonyl (C=O) groups excluding carboxylic acids is 7. The van der Waals surface area contributed by atoms with Crippen molar-refractivity contribution in [1.82, 2.24) is 10.2 Å². The van der Waals surface area contributed by atoms with Crippen LogP contribution in [-0.4, -0.2) is 125 Å². The molecule has 5 aromatic carbocycles. The van der Waals surface area contributed by atoms with Crippen LogP contribution in [0, 0.1) is 29.6 Å². The molecule has 0 aliphatic carbocycles. The van der Waals surface area contributed by atoms with Gasteiger partial charge in [-0.15, -0.1) is 0 Å². The Kier molecular flexibility index (Phi) is 16.8. The first-order chi connectivity index (χ1) is 38.3. The Morgan fingerprint density at radius 2 is 1.41 bits per heavy atom. The molecule has 0 unspecified atom stereocenters. The van der Waals surface area contributed by atoms with Crippen molar-refractivity contribution in [3.63, 3.8) is 0 Å². The van der Waals surface area contributed by atoms with Crippen LogP contribution in [-0.2, 0) is 57.9 Å². The van der Waals surface area contributed by atoms with E-state index < -0.39 is 102 Å². The number of ether oxygens (including phenoxy) is 6. The maximum atomic E-state index is 16.9. The Bertz CT molecular complexity index is 3140. The average molecular weight is 1080 g/mol. The number of rotatable bonds is 15. The molecule has 410 valence electrons. The summed E-state index contributed by atoms with van der Waals surface area (Å²) in [5, 5.41) is 16.0. The molecule has 4 aliphatic heterocycles. The first-order valence-electron chi connectivity index (χ1n) is 25.9. The molecule has 3 N–H and O–H groups in total. The summed E-state index contributed by atoms with van der Waals surface area (Å²) in [6.07, 6.45) is -1.39. The number of urea groups is 1. The topological polar surface area (TPSA) is 229 Å². The van der Waals surface area contributed by atoms with E-state index in [4.69, 9.17) is 28.4 Å². The zero-order valence-corrected chi connectivity index (χ0v) is 44.3. The van der Waals surface area contributed by atoms with Crippen molar-refractivity contribution < 1.29 is 67.1 Å². The molecule has 3 saturated heterocycles. The second-order valence-corrected chi connectivity index (χ2v) is 19.7. The number of methoxy groups -OCH3 is 3. The summed E-state index contributed by atoms with van der Waals surface area (Å²) in [6, 6.07) is 30.6. The number of amides is 4. The van der Waals surface area contributed by atoms with E-state index in [1.807, 2.05) is 77.7 Å². The SMILES string of the molecule is COC(=O)C(CC#Cc1ccc2c(c1)[C@]1(C(=O)N2C(=O)N[C@H](C(=O)OC)C(C)C)[C@H](c2ccccc2OCCO)N2[C@H](c3ccccc3)[C@H](c3ccccc3)OC(=O)[C@H]2[C@@H]1C(=O)Nc1ccc(N2CCOCC2)cc1)C(=O)OC. The number of morpholine rings is 2. The molecule has 4 amide bonds. The summed E-state index contributed by atoms with van der Waals surface area (Å²) >= 11 is 0. The molecule has 4 aliphatic rings. The zero-order valence-electron chi connectivity index (χ0n) is 44.3. The van der Waals surface area contributed by atoms with Gasteiger partial charge in [0.15, 0.2) is 5.92 Å². The molecule has 19 heteroatoms. The number of nitrogens with one attached hydrogen (secondary N) is 2. The number of para-hydroxylation sites is 1. The lowest BCUT2D eigenvalue weighted by Crippen LogP contribution is -2.57. The zero-order chi connectivity index (χ0) is 56.0. The maximum Gasteiger partial charge on any atom is 0.329 e. The summed E-state index contributed by atoms with van der Waals surface area (Å²) in [5.74, 6) is -2.74. The van der Waals surface area contributed by atoms with E-state index >= 15 is 19.2 Å². The van der Waals surface area contributed by atoms with Crippen LogP contribution in [0.5, 0.6) is 5.75 Å². The van der Waals surface area contributed by atoms with E-state index in [2.05, 4.69) is 27.4 Å². The van der Waals surface area contributed by atoms with Crippen molar-refractivity contribution in [3.8, 4) is 17.6 Å². The highest BCUT2D eigenvalue weighted by molar-refractivity contribution is 6.25. The summed E-state index contributed by atoms with van der Waals surface area (Å²) in [5.41, 5.74) is 0.715. The van der Waals surface area contributed by atoms with Crippen molar-refractivity contribution in [1.29, 1.82) is 0 Å². The van der Waals surface area contributed by atoms with Crippen LogP contribution in [0.1, 0.15) is 66.3 Å². The van der Waals surface area contributed by atoms with Gasteiger partial charge in [0, 0.05) is 42.0 Å². The number of nitrogens with zero attached hydrogens (tertiary/aromatic N) is 3. The van der Waals surface area contributed by atoms with Crippen molar-refractivity contribution in [2.45, 2.75) is 56.0 Å². The number of carbonyl (C=O) groups is 7. The molecule has 19 nitrogen and oxygen atoms in total. The smallest absolute Gasteiger partial charge is 0.329 e. The van der Waals surface area contributed by atoms with Crippen LogP contribution < -0.4 is 25.2 Å². The van der Waals surface area contributed by atoms with E-state index in [1.165, 1.54) is 19.2 Å². The van der Waals surface area contributed by atoms with E-state index in [1.54, 1.807) is 56.3 Å². The molecule has 4 heterocycles. The van der Waals surface area contributed by atoms with Crippen LogP contribution in [0.3, 0.4) is 0 Å². The van der Waals surface area contributed by atoms with Gasteiger partial charge in [0.25, 0.3) is 0 Å². The summed E-state index contributed by atoms with van der Waals surface area (Å²) in [6.45, 7) is 5.19. The highest BCUT2D eigenvalue weighted by atomic mass is 16.6. The number of hydrogen-bond donors (Lipinski definition) is 3. The van der Waals surface area contributed by atoms with Crippen LogP contribution in [0.4, 0.5) is 21.9 Å². The first kappa shape index (κ1) is 55.2. The minimum absolute atomic E-state index is 0.0158. The predicted octanol–water partition coefficient (Wildman–Crippen LogP) is 5.81. The molecular formula is C60H61N5O14. The lowest BCUT2D eigenvalue weighted by atomic mass is 9.65. The van der Waals surface area contributed by atoms with Crippen molar-refractivity contribution >= 4 is 58.8 Å². The molecular weight excluding hydrogens is 1010 g/mol. The number of aliphatic hydroxyl groups excluding tert-OH is 1. The molecule has 9 rings (SSSR count). The normalized spacial score (nSPS) is 21.7. The number of hydrogen-bond acceptors (Lipinski definition) is 16. The predicted molar refractivity (Wildman–Crippen MR) is 287 cm³/mol. The quantitative estimate of drug-likeness (QED) is 0.0486. The number of esters is 4. The molecule has 3 fully saturated rings. The van der Waals surface area contributed by atoms with Gasteiger partial charge in [-0.05, 0) is 71.1 Å². The first-order valence-corrected chi connectivity index (χ1v) is 25.9. The fraction of sp³-hybridized carbons (Fsp3) is 0.350. The number of cyclic esters (lactones) is 1. The fourth-order valence-electron chi connectivity index (χ4n) is 11.4. The molecule has 7 atom stereocenters. The van der Waals surface area contributed by atoms with Gasteiger partial charge < -0.3 is 49.1 Å². The number of aliphatic hydroxyl groups is 1. The Morgan fingerprint density at radius 3 is 2.04 bits per heavy atom. The van der Waals surface area contributed by atoms with E-state index in [0.29, 0.717) is 48.7 Å². The molecule has 0 saturated carbocycles. The minimum Gasteiger partial charge on any atom is -0.491 e. The molecule has 0 bridgehead atoms. The van der Waals surface area contributed by atoms with Crippen molar-refractivity contribution in [2.24, 2.45) is 17.8 Å². The monoisotopic (exact) mass is 1080 g/mol. The Labute approximate surface area is 457 Å². The summed E-state index contributed by atoms with van der Waals surface area (Å²) < 4.78 is 33.4. The third kappa shape index (κ3) is 10.5. The maximum absolute atomic E-state index is 16.9. The van der Waals surface area contributed by atoms with E-state index in [0.717, 1.165) is 24.8 Å². The van der Waals surface area contributed by atoms with Gasteiger partial charge >= 0.3 is 29.9 Å². The minimum atomic E-state index is -2.32. The lowest BCUT2D eigenvalue weighted by Gasteiger charge is -2.46. The highest BCUT2D eigenvalue weighted by Gasteiger charge is 2.76. The largest absolute Gasteiger partial charge is 0.491 e. The van der Waals surface area contributed by atoms with Gasteiger partial charge in [0.1, 0.15) is 36.0 Å². The number of anilines is 3.